The van der Waals surface area contributed by atoms with Crippen LogP contribution in [-0.2, 0) is 0 Å². The van der Waals surface area contributed by atoms with Gasteiger partial charge in [-0.15, -0.1) is 0 Å². The second-order valence-corrected chi connectivity index (χ2v) is 5.81. The first-order valence-electron chi connectivity index (χ1n) is 7.10. The van der Waals surface area contributed by atoms with Gasteiger partial charge in [0.1, 0.15) is 11.9 Å². The molecule has 1 aromatic heterocycles. The Morgan fingerprint density at radius 1 is 1.40 bits per heavy atom. The van der Waals surface area contributed by atoms with Crippen LogP contribution in [0.3, 0.4) is 0 Å². The van der Waals surface area contributed by atoms with E-state index in [2.05, 4.69) is 42.5 Å². The molecule has 0 aliphatic carbocycles. The molecule has 20 heavy (non-hydrogen) atoms. The molecule has 4 heteroatoms. The SMILES string of the molecule is Cc1ccc2c(c1)[C@@H](N)CC(c1cncn1C(C)C)O2. The lowest BCUT2D eigenvalue weighted by Gasteiger charge is -2.31. The van der Waals surface area contributed by atoms with Crippen molar-refractivity contribution < 1.29 is 4.74 Å². The minimum atomic E-state index is -0.0230. The second kappa shape index (κ2) is 4.94. The van der Waals surface area contributed by atoms with Crippen LogP contribution in [0.1, 0.15) is 55.3 Å². The monoisotopic (exact) mass is 271 g/mol. The lowest BCUT2D eigenvalue weighted by molar-refractivity contribution is 0.151. The van der Waals surface area contributed by atoms with E-state index < -0.39 is 0 Å². The first-order valence-corrected chi connectivity index (χ1v) is 7.10. The van der Waals surface area contributed by atoms with Crippen LogP contribution in [0.15, 0.2) is 30.7 Å². The largest absolute Gasteiger partial charge is 0.484 e. The molecule has 0 amide bonds. The van der Waals surface area contributed by atoms with Crippen LogP contribution in [0.25, 0.3) is 0 Å². The van der Waals surface area contributed by atoms with Crippen molar-refractivity contribution in [1.82, 2.24) is 9.55 Å². The fraction of sp³-hybridized carbons (Fsp3) is 0.438. The Labute approximate surface area is 119 Å². The molecule has 2 aromatic rings. The van der Waals surface area contributed by atoms with Crippen molar-refractivity contribution in [2.45, 2.75) is 45.4 Å². The van der Waals surface area contributed by atoms with E-state index in [0.29, 0.717) is 6.04 Å². The molecule has 0 saturated carbocycles. The summed E-state index contributed by atoms with van der Waals surface area (Å²) in [7, 11) is 0. The number of hydrogen-bond acceptors (Lipinski definition) is 3. The average Bonchev–Trinajstić information content (AvgIpc) is 2.89. The Morgan fingerprint density at radius 2 is 2.20 bits per heavy atom. The number of ether oxygens (including phenoxy) is 1. The molecule has 0 fully saturated rings. The zero-order valence-electron chi connectivity index (χ0n) is 12.2. The Morgan fingerprint density at radius 3 is 2.95 bits per heavy atom. The van der Waals surface area contributed by atoms with Crippen molar-refractivity contribution in [3.05, 3.63) is 47.5 Å². The Balaban J connectivity index is 1.95. The van der Waals surface area contributed by atoms with E-state index in [1.165, 1.54) is 5.56 Å². The number of nitrogens with zero attached hydrogens (tertiary/aromatic N) is 2. The molecule has 1 aromatic carbocycles. The van der Waals surface area contributed by atoms with E-state index in [0.717, 1.165) is 23.4 Å². The van der Waals surface area contributed by atoms with Gasteiger partial charge in [-0.2, -0.15) is 0 Å². The van der Waals surface area contributed by atoms with E-state index in [1.807, 2.05) is 18.6 Å². The highest BCUT2D eigenvalue weighted by molar-refractivity contribution is 5.41. The molecule has 2 atom stereocenters. The smallest absolute Gasteiger partial charge is 0.142 e. The summed E-state index contributed by atoms with van der Waals surface area (Å²) in [5, 5.41) is 0. The lowest BCUT2D eigenvalue weighted by Crippen LogP contribution is -2.26. The van der Waals surface area contributed by atoms with Crippen molar-refractivity contribution in [2.75, 3.05) is 0 Å². The molecular weight excluding hydrogens is 250 g/mol. The van der Waals surface area contributed by atoms with Crippen molar-refractivity contribution in [3.8, 4) is 5.75 Å². The van der Waals surface area contributed by atoms with Crippen LogP contribution in [0.5, 0.6) is 5.75 Å². The second-order valence-electron chi connectivity index (χ2n) is 5.81. The van der Waals surface area contributed by atoms with Gasteiger partial charge in [-0.1, -0.05) is 17.7 Å². The van der Waals surface area contributed by atoms with E-state index in [4.69, 9.17) is 10.5 Å². The third-order valence-corrected chi connectivity index (χ3v) is 3.88. The van der Waals surface area contributed by atoms with Crippen molar-refractivity contribution in [2.24, 2.45) is 5.73 Å². The molecule has 2 heterocycles. The first kappa shape index (κ1) is 13.2. The molecule has 1 aliphatic heterocycles. The molecule has 2 N–H and O–H groups in total. The number of fused-ring (bicyclic) bond motifs is 1. The third-order valence-electron chi connectivity index (χ3n) is 3.88. The van der Waals surface area contributed by atoms with Gasteiger partial charge < -0.3 is 15.0 Å². The van der Waals surface area contributed by atoms with Crippen LogP contribution in [0, 0.1) is 6.92 Å². The van der Waals surface area contributed by atoms with Crippen molar-refractivity contribution >= 4 is 0 Å². The molecule has 106 valence electrons. The topological polar surface area (TPSA) is 53.1 Å². The van der Waals surface area contributed by atoms with E-state index in [9.17, 15) is 0 Å². The number of imidazole rings is 1. The Bertz CT molecular complexity index is 618. The van der Waals surface area contributed by atoms with Gasteiger partial charge in [0.05, 0.1) is 18.2 Å². The molecule has 1 aliphatic rings. The molecule has 1 unspecified atom stereocenters. The highest BCUT2D eigenvalue weighted by Crippen LogP contribution is 2.40. The normalized spacial score (nSPS) is 21.6. The molecule has 0 radical (unpaired) electrons. The molecule has 0 spiro atoms. The number of hydrogen-bond donors (Lipinski definition) is 1. The molecule has 4 nitrogen and oxygen atoms in total. The quantitative estimate of drug-likeness (QED) is 0.911. The summed E-state index contributed by atoms with van der Waals surface area (Å²) in [4.78, 5) is 4.26. The van der Waals surface area contributed by atoms with E-state index >= 15 is 0 Å². The molecule has 0 bridgehead atoms. The summed E-state index contributed by atoms with van der Waals surface area (Å²) in [6, 6.07) is 6.59. The average molecular weight is 271 g/mol. The molecular formula is C16H21N3O. The van der Waals surface area contributed by atoms with Crippen molar-refractivity contribution in [1.29, 1.82) is 0 Å². The summed E-state index contributed by atoms with van der Waals surface area (Å²) in [6.07, 6.45) is 4.51. The van der Waals surface area contributed by atoms with Crippen molar-refractivity contribution in [3.63, 3.8) is 0 Å². The maximum Gasteiger partial charge on any atom is 0.142 e. The van der Waals surface area contributed by atoms with Gasteiger partial charge >= 0.3 is 0 Å². The zero-order valence-corrected chi connectivity index (χ0v) is 12.2. The maximum atomic E-state index is 6.33. The first-order chi connectivity index (χ1) is 9.56. The van der Waals surface area contributed by atoms with Crippen LogP contribution < -0.4 is 10.5 Å². The minimum Gasteiger partial charge on any atom is -0.484 e. The van der Waals surface area contributed by atoms with Gasteiger partial charge in [-0.25, -0.2) is 4.98 Å². The number of rotatable bonds is 2. The summed E-state index contributed by atoms with van der Waals surface area (Å²) in [5.74, 6) is 0.899. The van der Waals surface area contributed by atoms with Gasteiger partial charge in [0.2, 0.25) is 0 Å². The van der Waals surface area contributed by atoms with Gasteiger partial charge in [-0.05, 0) is 26.8 Å². The van der Waals surface area contributed by atoms with Gasteiger partial charge in [0.25, 0.3) is 0 Å². The van der Waals surface area contributed by atoms with E-state index in [-0.39, 0.29) is 12.1 Å². The van der Waals surface area contributed by atoms with Crippen LogP contribution in [-0.4, -0.2) is 9.55 Å². The molecule has 3 rings (SSSR count). The summed E-state index contributed by atoms with van der Waals surface area (Å²) < 4.78 is 8.30. The Kier molecular flexibility index (Phi) is 3.26. The number of aryl methyl sites for hydroxylation is 1. The fourth-order valence-corrected chi connectivity index (χ4v) is 2.80. The predicted molar refractivity (Wildman–Crippen MR) is 78.7 cm³/mol. The lowest BCUT2D eigenvalue weighted by atomic mass is 9.94. The fourth-order valence-electron chi connectivity index (χ4n) is 2.80. The van der Waals surface area contributed by atoms with Gasteiger partial charge in [0.15, 0.2) is 0 Å². The molecule has 0 saturated heterocycles. The summed E-state index contributed by atoms with van der Waals surface area (Å²) >= 11 is 0. The zero-order chi connectivity index (χ0) is 14.3. The Hall–Kier alpha value is -1.81. The maximum absolute atomic E-state index is 6.33. The standard InChI is InChI=1S/C16H21N3O/c1-10(2)19-9-18-8-14(19)16-7-13(17)12-6-11(3)4-5-15(12)20-16/h4-6,8-10,13,16H,7,17H2,1-3H3/t13-,16?/m0/s1. The van der Waals surface area contributed by atoms with E-state index in [1.54, 1.807) is 0 Å². The van der Waals surface area contributed by atoms with Crippen LogP contribution >= 0.6 is 0 Å². The van der Waals surface area contributed by atoms with Crippen LogP contribution in [0.2, 0.25) is 0 Å². The third kappa shape index (κ3) is 2.20. The highest BCUT2D eigenvalue weighted by Gasteiger charge is 2.29. The summed E-state index contributed by atoms with van der Waals surface area (Å²) in [5.41, 5.74) is 9.75. The predicted octanol–water partition coefficient (Wildman–Crippen LogP) is 3.30. The number of aromatic nitrogens is 2. The summed E-state index contributed by atoms with van der Waals surface area (Å²) in [6.45, 7) is 6.36. The number of nitrogens with two attached hydrogens (primary N) is 1. The van der Waals surface area contributed by atoms with Gasteiger partial charge in [-0.3, -0.25) is 0 Å². The van der Waals surface area contributed by atoms with Crippen LogP contribution in [0.4, 0.5) is 0 Å². The minimum absolute atomic E-state index is 0.0131. The van der Waals surface area contributed by atoms with Gasteiger partial charge in [0, 0.05) is 24.1 Å². The highest BCUT2D eigenvalue weighted by atomic mass is 16.5. The number of benzene rings is 1.